The average molecular weight is 335 g/mol. The van der Waals surface area contributed by atoms with Crippen molar-refractivity contribution in [3.05, 3.63) is 72.1 Å². The summed E-state index contributed by atoms with van der Waals surface area (Å²) < 4.78 is 10.4. The molecule has 0 amide bonds. The molecule has 2 aromatic carbocycles. The van der Waals surface area contributed by atoms with Gasteiger partial charge in [0.15, 0.2) is 5.78 Å². The number of aromatic nitrogens is 3. The fourth-order valence-electron chi connectivity index (χ4n) is 2.29. The highest BCUT2D eigenvalue weighted by molar-refractivity contribution is 6.08. The number of carbonyl (C=O) groups excluding carboxylic acids is 1. The van der Waals surface area contributed by atoms with Crippen LogP contribution in [0.3, 0.4) is 0 Å². The van der Waals surface area contributed by atoms with Gasteiger partial charge >= 0.3 is 0 Å². The fraction of sp³-hybridized carbons (Fsp3) is 0.105. The number of benzene rings is 2. The van der Waals surface area contributed by atoms with E-state index in [9.17, 15) is 4.79 Å². The van der Waals surface area contributed by atoms with Crippen molar-refractivity contribution in [2.45, 2.75) is 0 Å². The maximum absolute atomic E-state index is 12.4. The number of rotatable bonds is 6. The molecule has 25 heavy (non-hydrogen) atoms. The van der Waals surface area contributed by atoms with Crippen LogP contribution >= 0.6 is 0 Å². The summed E-state index contributed by atoms with van der Waals surface area (Å²) in [6.45, 7) is 0. The number of hydrogen-bond donors (Lipinski definition) is 0. The Balaban J connectivity index is 1.78. The lowest BCUT2D eigenvalue weighted by Gasteiger charge is -2.07. The molecule has 1 heterocycles. The SMILES string of the molecule is COc1ccc(C(=O)/C=C/c2cnn(-c3ccccc3)n2)c(OC)c1. The fourth-order valence-corrected chi connectivity index (χ4v) is 2.29. The largest absolute Gasteiger partial charge is 0.497 e. The number of carbonyl (C=O) groups is 1. The zero-order valence-corrected chi connectivity index (χ0v) is 13.9. The van der Waals surface area contributed by atoms with Crippen molar-refractivity contribution < 1.29 is 14.3 Å². The lowest BCUT2D eigenvalue weighted by atomic mass is 10.1. The Bertz CT molecular complexity index is 901. The lowest BCUT2D eigenvalue weighted by Crippen LogP contribution is -2.00. The summed E-state index contributed by atoms with van der Waals surface area (Å²) in [7, 11) is 3.08. The highest BCUT2D eigenvalue weighted by atomic mass is 16.5. The monoisotopic (exact) mass is 335 g/mol. The molecule has 0 radical (unpaired) electrons. The molecule has 0 bridgehead atoms. The van der Waals surface area contributed by atoms with Crippen LogP contribution < -0.4 is 9.47 Å². The van der Waals surface area contributed by atoms with Gasteiger partial charge in [0.2, 0.25) is 0 Å². The predicted molar refractivity (Wildman–Crippen MR) is 94.3 cm³/mol. The van der Waals surface area contributed by atoms with Crippen molar-refractivity contribution in [3.8, 4) is 17.2 Å². The molecule has 3 aromatic rings. The van der Waals surface area contributed by atoms with Crippen LogP contribution in [-0.4, -0.2) is 35.0 Å². The van der Waals surface area contributed by atoms with Crippen LogP contribution in [0.5, 0.6) is 11.5 Å². The Morgan fingerprint density at radius 3 is 2.60 bits per heavy atom. The molecule has 0 unspecified atom stereocenters. The van der Waals surface area contributed by atoms with Crippen molar-refractivity contribution in [3.63, 3.8) is 0 Å². The van der Waals surface area contributed by atoms with Crippen LogP contribution in [0.2, 0.25) is 0 Å². The maximum atomic E-state index is 12.4. The van der Waals surface area contributed by atoms with Crippen LogP contribution in [0.15, 0.2) is 60.8 Å². The second-order valence-corrected chi connectivity index (χ2v) is 5.16. The minimum Gasteiger partial charge on any atom is -0.497 e. The molecule has 0 saturated carbocycles. The van der Waals surface area contributed by atoms with Crippen LogP contribution in [0.25, 0.3) is 11.8 Å². The third-order valence-corrected chi connectivity index (χ3v) is 3.58. The van der Waals surface area contributed by atoms with E-state index in [0.717, 1.165) is 5.69 Å². The van der Waals surface area contributed by atoms with E-state index in [-0.39, 0.29) is 5.78 Å². The van der Waals surface area contributed by atoms with Gasteiger partial charge in [-0.05, 0) is 36.4 Å². The number of ether oxygens (including phenoxy) is 2. The van der Waals surface area contributed by atoms with E-state index < -0.39 is 0 Å². The number of methoxy groups -OCH3 is 2. The number of nitrogens with zero attached hydrogens (tertiary/aromatic N) is 3. The van der Waals surface area contributed by atoms with E-state index in [1.54, 1.807) is 37.6 Å². The quantitative estimate of drug-likeness (QED) is 0.511. The summed E-state index contributed by atoms with van der Waals surface area (Å²) in [5, 5.41) is 8.53. The molecule has 0 aliphatic carbocycles. The molecule has 0 aliphatic heterocycles. The second kappa shape index (κ2) is 7.44. The van der Waals surface area contributed by atoms with Crippen LogP contribution in [0, 0.1) is 0 Å². The Labute approximate surface area is 145 Å². The number of allylic oxidation sites excluding steroid dienone is 1. The predicted octanol–water partition coefficient (Wildman–Crippen LogP) is 3.18. The van der Waals surface area contributed by atoms with Gasteiger partial charge < -0.3 is 9.47 Å². The Morgan fingerprint density at radius 2 is 1.88 bits per heavy atom. The van der Waals surface area contributed by atoms with Gasteiger partial charge in [-0.25, -0.2) is 0 Å². The van der Waals surface area contributed by atoms with Gasteiger partial charge in [0, 0.05) is 6.07 Å². The summed E-state index contributed by atoms with van der Waals surface area (Å²) in [4.78, 5) is 13.9. The van der Waals surface area contributed by atoms with E-state index >= 15 is 0 Å². The minimum atomic E-state index is -0.186. The zero-order valence-electron chi connectivity index (χ0n) is 13.9. The molecule has 1 aromatic heterocycles. The molecule has 0 atom stereocenters. The normalized spacial score (nSPS) is 10.8. The van der Waals surface area contributed by atoms with Gasteiger partial charge in [-0.1, -0.05) is 18.2 Å². The van der Waals surface area contributed by atoms with Gasteiger partial charge in [0.1, 0.15) is 17.2 Å². The van der Waals surface area contributed by atoms with Crippen molar-refractivity contribution >= 4 is 11.9 Å². The van der Waals surface area contributed by atoms with Crippen molar-refractivity contribution in [1.82, 2.24) is 15.0 Å². The smallest absolute Gasteiger partial charge is 0.189 e. The van der Waals surface area contributed by atoms with Crippen molar-refractivity contribution in [1.29, 1.82) is 0 Å². The van der Waals surface area contributed by atoms with E-state index in [1.807, 2.05) is 30.3 Å². The summed E-state index contributed by atoms with van der Waals surface area (Å²) in [5.41, 5.74) is 1.89. The van der Waals surface area contributed by atoms with Gasteiger partial charge in [0.25, 0.3) is 0 Å². The average Bonchev–Trinajstić information content (AvgIpc) is 3.15. The molecule has 0 aliphatic rings. The highest BCUT2D eigenvalue weighted by Crippen LogP contribution is 2.25. The standard InChI is InChI=1S/C19H17N3O3/c1-24-16-9-10-17(19(12-16)25-2)18(23)11-8-14-13-20-22(21-14)15-6-4-3-5-7-15/h3-13H,1-2H3/b11-8+. The van der Waals surface area contributed by atoms with Crippen molar-refractivity contribution in [2.24, 2.45) is 0 Å². The number of ketones is 1. The first-order chi connectivity index (χ1) is 12.2. The van der Waals surface area contributed by atoms with Gasteiger partial charge in [0.05, 0.1) is 31.7 Å². The lowest BCUT2D eigenvalue weighted by molar-refractivity contribution is 0.104. The molecule has 0 spiro atoms. The highest BCUT2D eigenvalue weighted by Gasteiger charge is 2.11. The summed E-state index contributed by atoms with van der Waals surface area (Å²) in [6.07, 6.45) is 4.67. The first kappa shape index (κ1) is 16.4. The molecule has 0 N–H and O–H groups in total. The molecular weight excluding hydrogens is 318 g/mol. The van der Waals surface area contributed by atoms with E-state index in [4.69, 9.17) is 9.47 Å². The van der Waals surface area contributed by atoms with Crippen molar-refractivity contribution in [2.75, 3.05) is 14.2 Å². The Morgan fingerprint density at radius 1 is 1.08 bits per heavy atom. The van der Waals surface area contributed by atoms with Gasteiger partial charge in [-0.3, -0.25) is 4.79 Å². The van der Waals surface area contributed by atoms with Gasteiger partial charge in [-0.15, -0.1) is 5.10 Å². The number of hydrogen-bond acceptors (Lipinski definition) is 5. The summed E-state index contributed by atoms with van der Waals surface area (Å²) in [5.74, 6) is 0.902. The third-order valence-electron chi connectivity index (χ3n) is 3.58. The number of para-hydroxylation sites is 1. The maximum Gasteiger partial charge on any atom is 0.189 e. The van der Waals surface area contributed by atoms with E-state index in [0.29, 0.717) is 22.8 Å². The minimum absolute atomic E-state index is 0.186. The molecular formula is C19H17N3O3. The zero-order chi connectivity index (χ0) is 17.6. The third kappa shape index (κ3) is 3.74. The molecule has 126 valence electrons. The Kier molecular flexibility index (Phi) is 4.89. The topological polar surface area (TPSA) is 66.2 Å². The van der Waals surface area contributed by atoms with E-state index in [1.165, 1.54) is 18.0 Å². The van der Waals surface area contributed by atoms with Crippen LogP contribution in [0.4, 0.5) is 0 Å². The van der Waals surface area contributed by atoms with E-state index in [2.05, 4.69) is 10.2 Å². The Hall–Kier alpha value is -3.41. The summed E-state index contributed by atoms with van der Waals surface area (Å²) in [6, 6.07) is 14.6. The molecule has 6 nitrogen and oxygen atoms in total. The van der Waals surface area contributed by atoms with Gasteiger partial charge in [-0.2, -0.15) is 9.90 Å². The molecule has 0 fully saturated rings. The second-order valence-electron chi connectivity index (χ2n) is 5.16. The summed E-state index contributed by atoms with van der Waals surface area (Å²) >= 11 is 0. The molecule has 3 rings (SSSR count). The van der Waals surface area contributed by atoms with Crippen LogP contribution in [0.1, 0.15) is 16.1 Å². The van der Waals surface area contributed by atoms with Crippen LogP contribution in [-0.2, 0) is 0 Å². The molecule has 0 saturated heterocycles. The first-order valence-electron chi connectivity index (χ1n) is 7.63. The molecule has 6 heteroatoms. The first-order valence-corrected chi connectivity index (χ1v) is 7.63.